The summed E-state index contributed by atoms with van der Waals surface area (Å²) in [7, 11) is 0. The van der Waals surface area contributed by atoms with Gasteiger partial charge in [-0.3, -0.25) is 0 Å². The summed E-state index contributed by atoms with van der Waals surface area (Å²) in [6.07, 6.45) is 13.0. The Morgan fingerprint density at radius 2 is 1.70 bits per heavy atom. The summed E-state index contributed by atoms with van der Waals surface area (Å²) in [5.41, 5.74) is 0. The zero-order valence-electron chi connectivity index (χ0n) is 13.5. The number of hydrogen-bond acceptors (Lipinski definition) is 2. The van der Waals surface area contributed by atoms with Crippen LogP contribution in [0.1, 0.15) is 84.5 Å². The van der Waals surface area contributed by atoms with Crippen LogP contribution in [0, 0.1) is 0 Å². The molecule has 3 heteroatoms. The highest BCUT2D eigenvalue weighted by Crippen LogP contribution is 2.23. The van der Waals surface area contributed by atoms with Gasteiger partial charge in [0.25, 0.3) is 0 Å². The topological polar surface area (TPSA) is 29.5 Å². The molecule has 0 spiro atoms. The van der Waals surface area contributed by atoms with Gasteiger partial charge in [0, 0.05) is 12.6 Å². The highest BCUT2D eigenvalue weighted by atomic mass is 16.6. The third-order valence-electron chi connectivity index (χ3n) is 4.23. The smallest absolute Gasteiger partial charge is 0.410 e. The fourth-order valence-electron chi connectivity index (χ4n) is 2.91. The van der Waals surface area contributed by atoms with Crippen LogP contribution in [0.3, 0.4) is 0 Å². The van der Waals surface area contributed by atoms with Gasteiger partial charge in [0.1, 0.15) is 0 Å². The van der Waals surface area contributed by atoms with E-state index in [1.54, 1.807) is 0 Å². The number of hydrogen-bond donors (Lipinski definition) is 0. The van der Waals surface area contributed by atoms with Gasteiger partial charge in [0.15, 0.2) is 0 Å². The predicted octanol–water partition coefficient (Wildman–Crippen LogP) is 5.14. The molecular weight excluding hydrogens is 250 g/mol. The van der Waals surface area contributed by atoms with Gasteiger partial charge in [-0.2, -0.15) is 0 Å². The lowest BCUT2D eigenvalue weighted by Gasteiger charge is -2.33. The van der Waals surface area contributed by atoms with Crippen LogP contribution >= 0.6 is 0 Å². The lowest BCUT2D eigenvalue weighted by molar-refractivity contribution is 0.0751. The van der Waals surface area contributed by atoms with Crippen molar-refractivity contribution in [3.8, 4) is 0 Å². The minimum atomic E-state index is -0.0677. The fourth-order valence-corrected chi connectivity index (χ4v) is 2.91. The van der Waals surface area contributed by atoms with Crippen LogP contribution in [0.15, 0.2) is 0 Å². The number of nitrogens with zero attached hydrogens (tertiary/aromatic N) is 1. The first-order chi connectivity index (χ1) is 9.79. The maximum Gasteiger partial charge on any atom is 0.410 e. The van der Waals surface area contributed by atoms with Crippen LogP contribution in [-0.2, 0) is 4.74 Å². The predicted molar refractivity (Wildman–Crippen MR) is 84.0 cm³/mol. The fraction of sp³-hybridized carbons (Fsp3) is 0.941. The van der Waals surface area contributed by atoms with E-state index < -0.39 is 0 Å². The Balaban J connectivity index is 2.41. The molecule has 1 aliphatic carbocycles. The van der Waals surface area contributed by atoms with E-state index in [9.17, 15) is 4.79 Å². The second-order valence-electron chi connectivity index (χ2n) is 6.01. The average molecular weight is 283 g/mol. The molecular formula is C17H33NO2. The molecule has 1 saturated carbocycles. The van der Waals surface area contributed by atoms with E-state index in [1.165, 1.54) is 38.5 Å². The Kier molecular flexibility index (Phi) is 9.52. The highest BCUT2D eigenvalue weighted by Gasteiger charge is 2.25. The summed E-state index contributed by atoms with van der Waals surface area (Å²) < 4.78 is 5.44. The quantitative estimate of drug-likeness (QED) is 0.548. The summed E-state index contributed by atoms with van der Waals surface area (Å²) in [5, 5.41) is 0. The van der Waals surface area contributed by atoms with Gasteiger partial charge in [-0.1, -0.05) is 58.8 Å². The molecule has 0 radical (unpaired) electrons. The van der Waals surface area contributed by atoms with Crippen molar-refractivity contribution < 1.29 is 9.53 Å². The minimum Gasteiger partial charge on any atom is -0.449 e. The van der Waals surface area contributed by atoms with E-state index in [0.717, 1.165) is 38.6 Å². The number of carbonyl (C=O) groups is 1. The number of ether oxygens (including phenoxy) is 1. The summed E-state index contributed by atoms with van der Waals surface area (Å²) in [6.45, 7) is 5.80. The van der Waals surface area contributed by atoms with Crippen LogP contribution in [0.2, 0.25) is 0 Å². The molecule has 1 amide bonds. The van der Waals surface area contributed by atoms with E-state index in [4.69, 9.17) is 4.74 Å². The molecule has 0 N–H and O–H groups in total. The average Bonchev–Trinajstić information content (AvgIpc) is 2.48. The summed E-state index contributed by atoms with van der Waals surface area (Å²) in [6, 6.07) is 0.430. The van der Waals surface area contributed by atoms with Gasteiger partial charge in [-0.05, 0) is 25.7 Å². The summed E-state index contributed by atoms with van der Waals surface area (Å²) >= 11 is 0. The van der Waals surface area contributed by atoms with E-state index in [-0.39, 0.29) is 6.09 Å². The molecule has 1 fully saturated rings. The number of rotatable bonds is 9. The van der Waals surface area contributed by atoms with E-state index >= 15 is 0 Å². The first kappa shape index (κ1) is 17.3. The molecule has 0 aromatic rings. The Bertz CT molecular complexity index is 249. The molecule has 0 aromatic heterocycles. The number of carbonyl (C=O) groups excluding carboxylic acids is 1. The highest BCUT2D eigenvalue weighted by molar-refractivity contribution is 5.68. The lowest BCUT2D eigenvalue weighted by atomic mass is 9.94. The zero-order valence-corrected chi connectivity index (χ0v) is 13.5. The van der Waals surface area contributed by atoms with Gasteiger partial charge < -0.3 is 9.64 Å². The Morgan fingerprint density at radius 3 is 2.35 bits per heavy atom. The second-order valence-corrected chi connectivity index (χ2v) is 6.01. The van der Waals surface area contributed by atoms with Gasteiger partial charge >= 0.3 is 6.09 Å². The summed E-state index contributed by atoms with van der Waals surface area (Å²) in [5.74, 6) is 0. The van der Waals surface area contributed by atoms with Crippen molar-refractivity contribution in [2.24, 2.45) is 0 Å². The third-order valence-corrected chi connectivity index (χ3v) is 4.23. The first-order valence-corrected chi connectivity index (χ1v) is 8.73. The van der Waals surface area contributed by atoms with Crippen LogP contribution in [0.4, 0.5) is 4.79 Å². The van der Waals surface area contributed by atoms with Crippen molar-refractivity contribution in [1.82, 2.24) is 4.90 Å². The van der Waals surface area contributed by atoms with Crippen LogP contribution in [-0.4, -0.2) is 30.2 Å². The monoisotopic (exact) mass is 283 g/mol. The molecule has 0 aliphatic heterocycles. The molecule has 0 bridgehead atoms. The molecule has 0 unspecified atom stereocenters. The minimum absolute atomic E-state index is 0.0677. The van der Waals surface area contributed by atoms with Gasteiger partial charge in [0.2, 0.25) is 0 Å². The molecule has 3 nitrogen and oxygen atoms in total. The van der Waals surface area contributed by atoms with E-state index in [0.29, 0.717) is 12.6 Å². The van der Waals surface area contributed by atoms with Crippen LogP contribution in [0.5, 0.6) is 0 Å². The van der Waals surface area contributed by atoms with E-state index in [2.05, 4.69) is 13.8 Å². The number of amides is 1. The van der Waals surface area contributed by atoms with Crippen molar-refractivity contribution in [2.45, 2.75) is 90.5 Å². The molecule has 0 saturated heterocycles. The molecule has 0 aromatic carbocycles. The van der Waals surface area contributed by atoms with Crippen molar-refractivity contribution in [3.63, 3.8) is 0 Å². The Labute approximate surface area is 125 Å². The Hall–Kier alpha value is -0.730. The largest absolute Gasteiger partial charge is 0.449 e. The van der Waals surface area contributed by atoms with E-state index in [1.807, 2.05) is 4.90 Å². The van der Waals surface area contributed by atoms with Gasteiger partial charge in [0.05, 0.1) is 6.61 Å². The van der Waals surface area contributed by atoms with Crippen molar-refractivity contribution in [1.29, 1.82) is 0 Å². The molecule has 1 aliphatic rings. The van der Waals surface area contributed by atoms with Gasteiger partial charge in [-0.15, -0.1) is 0 Å². The molecule has 118 valence electrons. The lowest BCUT2D eigenvalue weighted by Crippen LogP contribution is -2.42. The molecule has 20 heavy (non-hydrogen) atoms. The maximum atomic E-state index is 12.3. The first-order valence-electron chi connectivity index (χ1n) is 8.73. The van der Waals surface area contributed by atoms with Crippen molar-refractivity contribution in [2.75, 3.05) is 13.2 Å². The summed E-state index contributed by atoms with van der Waals surface area (Å²) in [4.78, 5) is 14.3. The van der Waals surface area contributed by atoms with Crippen molar-refractivity contribution in [3.05, 3.63) is 0 Å². The normalized spacial score (nSPS) is 16.1. The maximum absolute atomic E-state index is 12.3. The second kappa shape index (κ2) is 11.0. The zero-order chi connectivity index (χ0) is 14.6. The van der Waals surface area contributed by atoms with Crippen LogP contribution < -0.4 is 0 Å². The third kappa shape index (κ3) is 6.62. The standard InChI is InChI=1S/C17H33NO2/c1-3-5-7-11-14-18(16-12-9-8-10-13-16)17(19)20-15-6-4-2/h16H,3-15H2,1-2H3. The number of unbranched alkanes of at least 4 members (excludes halogenated alkanes) is 4. The molecule has 0 atom stereocenters. The van der Waals surface area contributed by atoms with Crippen molar-refractivity contribution >= 4 is 6.09 Å². The SMILES string of the molecule is CCCCCCN(C(=O)OCCCC)C1CCCCC1. The molecule has 1 rings (SSSR count). The van der Waals surface area contributed by atoms with Crippen LogP contribution in [0.25, 0.3) is 0 Å². The van der Waals surface area contributed by atoms with Gasteiger partial charge in [-0.25, -0.2) is 4.79 Å². The molecule has 0 heterocycles. The Morgan fingerprint density at radius 1 is 1.00 bits per heavy atom.